The number of phenolic OH excluding ortho intramolecular Hbond substituents is 1. The van der Waals surface area contributed by atoms with Crippen molar-refractivity contribution in [3.05, 3.63) is 22.8 Å². The minimum absolute atomic E-state index is 0.0148. The van der Waals surface area contributed by atoms with E-state index in [1.807, 2.05) is 27.7 Å². The van der Waals surface area contributed by atoms with E-state index in [0.717, 1.165) is 0 Å². The van der Waals surface area contributed by atoms with Gasteiger partial charge in [0.25, 0.3) is 0 Å². The molecule has 0 heterocycles. The summed E-state index contributed by atoms with van der Waals surface area (Å²) in [4.78, 5) is 77.1. The topological polar surface area (TPSA) is 190 Å². The Bertz CT molecular complexity index is 1270. The predicted molar refractivity (Wildman–Crippen MR) is 132 cm³/mol. The van der Waals surface area contributed by atoms with Crippen molar-refractivity contribution in [3.63, 3.8) is 0 Å². The van der Waals surface area contributed by atoms with Crippen LogP contribution in [0.4, 0.5) is 10.5 Å². The third-order valence-electron chi connectivity index (χ3n) is 7.84. The molecule has 3 aliphatic rings. The monoisotopic (exact) mass is 528 g/mol. The van der Waals surface area contributed by atoms with Crippen LogP contribution in [-0.2, 0) is 30.3 Å². The van der Waals surface area contributed by atoms with Gasteiger partial charge in [0.2, 0.25) is 5.91 Å². The smallest absolute Gasteiger partial charge is 0.411 e. The Labute approximate surface area is 219 Å². The van der Waals surface area contributed by atoms with Crippen LogP contribution in [0.3, 0.4) is 0 Å². The molecular weight excluding hydrogens is 496 g/mol. The van der Waals surface area contributed by atoms with Crippen LogP contribution < -0.4 is 11.1 Å². The highest BCUT2D eigenvalue weighted by molar-refractivity contribution is 6.31. The van der Waals surface area contributed by atoms with Gasteiger partial charge in [-0.05, 0) is 47.8 Å². The van der Waals surface area contributed by atoms with Gasteiger partial charge >= 0.3 is 6.09 Å². The molecule has 0 radical (unpaired) electrons. The van der Waals surface area contributed by atoms with Crippen molar-refractivity contribution in [3.8, 4) is 5.75 Å². The van der Waals surface area contributed by atoms with Gasteiger partial charge in [0.05, 0.1) is 23.8 Å². The molecule has 0 spiro atoms. The molecule has 4 rings (SSSR count). The van der Waals surface area contributed by atoms with Crippen molar-refractivity contribution < 1.29 is 43.7 Å². The number of rotatable bonds is 5. The minimum atomic E-state index is -2.71. The molecule has 3 aliphatic carbocycles. The molecule has 0 aliphatic heterocycles. The number of Topliss-reactive ketones (excluding diaryl/α,β-unsaturated/α-hetero) is 4. The van der Waals surface area contributed by atoms with E-state index in [9.17, 15) is 39.0 Å². The van der Waals surface area contributed by atoms with Gasteiger partial charge in [0, 0.05) is 12.3 Å². The van der Waals surface area contributed by atoms with Crippen LogP contribution in [0.25, 0.3) is 0 Å². The Balaban J connectivity index is 1.77. The van der Waals surface area contributed by atoms with Crippen molar-refractivity contribution >= 4 is 40.8 Å². The summed E-state index contributed by atoms with van der Waals surface area (Å²) in [5.41, 5.74) is 3.43. The fraction of sp³-hybridized carbons (Fsp3) is 0.556. The highest BCUT2D eigenvalue weighted by atomic mass is 16.5. The van der Waals surface area contributed by atoms with Crippen LogP contribution in [-0.4, -0.2) is 57.6 Å². The van der Waals surface area contributed by atoms with Crippen molar-refractivity contribution in [2.75, 3.05) is 11.9 Å². The van der Waals surface area contributed by atoms with Crippen molar-refractivity contribution in [2.45, 2.75) is 58.5 Å². The number of anilines is 1. The number of benzene rings is 1. The summed E-state index contributed by atoms with van der Waals surface area (Å²) in [5, 5.41) is 24.8. The molecule has 11 heteroatoms. The van der Waals surface area contributed by atoms with Crippen molar-refractivity contribution in [2.24, 2.45) is 35.3 Å². The summed E-state index contributed by atoms with van der Waals surface area (Å²) in [5.74, 6) is -11.0. The van der Waals surface area contributed by atoms with Crippen molar-refractivity contribution in [1.29, 1.82) is 0 Å². The zero-order valence-electron chi connectivity index (χ0n) is 21.7. The fourth-order valence-corrected chi connectivity index (χ4v) is 6.06. The molecule has 11 nitrogen and oxygen atoms in total. The van der Waals surface area contributed by atoms with Gasteiger partial charge < -0.3 is 20.7 Å². The molecule has 0 bridgehead atoms. The Morgan fingerprint density at radius 2 is 1.79 bits per heavy atom. The number of carbonyl (C=O) groups is 6. The number of phenols is 1. The predicted octanol–water partition coefficient (Wildman–Crippen LogP) is 1.65. The van der Waals surface area contributed by atoms with E-state index < -0.39 is 76.6 Å². The number of hydrogen-bond acceptors (Lipinski definition) is 9. The van der Waals surface area contributed by atoms with E-state index in [-0.39, 0.29) is 42.5 Å². The van der Waals surface area contributed by atoms with E-state index in [0.29, 0.717) is 11.1 Å². The van der Waals surface area contributed by atoms with Crippen molar-refractivity contribution in [1.82, 2.24) is 0 Å². The number of nitrogens with one attached hydrogen (secondary N) is 1. The van der Waals surface area contributed by atoms with Gasteiger partial charge in [-0.25, -0.2) is 4.79 Å². The van der Waals surface area contributed by atoms with E-state index >= 15 is 0 Å². The standard InChI is InChI=1S/C27H32N2O9/c1-10(2)9-38-26(36)29-16-8-14(11(3)4)15-6-12-5-13-7-17(30)20(25(28)35)24(34)27(13,37)23(33)18(12)22(32)19(15)21(16)31/h8,10-13,18,20,31,37H,5-7,9H2,1-4H3,(H2,28,35)(H,29,36)/t12-,13+,18?,20?,27+/m1/s1. The van der Waals surface area contributed by atoms with Gasteiger partial charge in [-0.1, -0.05) is 27.7 Å². The maximum atomic E-state index is 13.8. The molecular formula is C27H32N2O9. The van der Waals surface area contributed by atoms with E-state index in [4.69, 9.17) is 10.5 Å². The van der Waals surface area contributed by atoms with Gasteiger partial charge in [0.1, 0.15) is 5.75 Å². The summed E-state index contributed by atoms with van der Waals surface area (Å²) >= 11 is 0. The summed E-state index contributed by atoms with van der Waals surface area (Å²) in [6.07, 6.45) is -1.04. The molecule has 0 saturated heterocycles. The lowest BCUT2D eigenvalue weighted by Gasteiger charge is -2.48. The number of aliphatic hydroxyl groups is 1. The summed E-state index contributed by atoms with van der Waals surface area (Å²) < 4.78 is 5.12. The SMILES string of the molecule is CC(C)COC(=O)Nc1cc(C(C)C)c2c(c1O)C(=O)C1C(=O)[C@]3(O)C(=O)C(C(N)=O)C(=O)C[C@@H]3C[C@@H]1C2. The first kappa shape index (κ1) is 27.4. The van der Waals surface area contributed by atoms with Gasteiger partial charge in [-0.2, -0.15) is 0 Å². The summed E-state index contributed by atoms with van der Waals surface area (Å²) in [6, 6.07) is 1.56. The maximum Gasteiger partial charge on any atom is 0.411 e. The molecule has 1 aromatic carbocycles. The third-order valence-corrected chi connectivity index (χ3v) is 7.84. The Kier molecular flexibility index (Phi) is 6.94. The number of carbonyl (C=O) groups excluding carboxylic acids is 6. The Hall–Kier alpha value is -3.60. The van der Waals surface area contributed by atoms with Gasteiger partial charge in [-0.3, -0.25) is 29.3 Å². The number of amides is 2. The quantitative estimate of drug-likeness (QED) is 0.325. The van der Waals surface area contributed by atoms with Gasteiger partial charge in [-0.15, -0.1) is 0 Å². The van der Waals surface area contributed by atoms with Crippen LogP contribution in [0.1, 0.15) is 67.9 Å². The fourth-order valence-electron chi connectivity index (χ4n) is 6.06. The van der Waals surface area contributed by atoms with Crippen LogP contribution in [0.5, 0.6) is 5.75 Å². The minimum Gasteiger partial charge on any atom is -0.505 e. The van der Waals surface area contributed by atoms with E-state index in [1.54, 1.807) is 6.07 Å². The summed E-state index contributed by atoms with van der Waals surface area (Å²) in [6.45, 7) is 7.59. The number of aromatic hydroxyl groups is 1. The molecule has 2 fully saturated rings. The zero-order valence-corrected chi connectivity index (χ0v) is 21.7. The van der Waals surface area contributed by atoms with Crippen LogP contribution >= 0.6 is 0 Å². The number of hydrogen-bond donors (Lipinski definition) is 4. The number of nitrogens with two attached hydrogens (primary N) is 1. The molecule has 38 heavy (non-hydrogen) atoms. The number of ketones is 4. The number of ether oxygens (including phenoxy) is 1. The first-order chi connectivity index (χ1) is 17.7. The lowest BCUT2D eigenvalue weighted by Crippen LogP contribution is -2.68. The van der Waals surface area contributed by atoms with Gasteiger partial charge in [0.15, 0.2) is 34.7 Å². The first-order valence-corrected chi connectivity index (χ1v) is 12.7. The Morgan fingerprint density at radius 1 is 1.13 bits per heavy atom. The van der Waals surface area contributed by atoms with E-state index in [1.165, 1.54) is 0 Å². The normalized spacial score (nSPS) is 28.6. The molecule has 5 N–H and O–H groups in total. The summed E-state index contributed by atoms with van der Waals surface area (Å²) in [7, 11) is 0. The highest BCUT2D eigenvalue weighted by Crippen LogP contribution is 2.51. The average Bonchev–Trinajstić information content (AvgIpc) is 2.81. The zero-order chi connectivity index (χ0) is 28.3. The second kappa shape index (κ2) is 9.61. The molecule has 2 saturated carbocycles. The van der Waals surface area contributed by atoms with E-state index in [2.05, 4.69) is 5.32 Å². The molecule has 1 aromatic rings. The second-order valence-electron chi connectivity index (χ2n) is 11.2. The maximum absolute atomic E-state index is 13.8. The molecule has 0 aromatic heterocycles. The molecule has 204 valence electrons. The lowest BCUT2D eigenvalue weighted by molar-refractivity contribution is -0.175. The number of primary amides is 1. The Morgan fingerprint density at radius 3 is 2.37 bits per heavy atom. The largest absolute Gasteiger partial charge is 0.505 e. The molecule has 5 atom stereocenters. The van der Waals surface area contributed by atoms with Crippen LogP contribution in [0.2, 0.25) is 0 Å². The lowest BCUT2D eigenvalue weighted by atomic mass is 9.53. The second-order valence-corrected chi connectivity index (χ2v) is 11.2. The molecule has 2 unspecified atom stereocenters. The number of fused-ring (bicyclic) bond motifs is 3. The highest BCUT2D eigenvalue weighted by Gasteiger charge is 2.66. The van der Waals surface area contributed by atoms with Crippen LogP contribution in [0.15, 0.2) is 6.07 Å². The average molecular weight is 529 g/mol. The first-order valence-electron chi connectivity index (χ1n) is 12.7. The third kappa shape index (κ3) is 4.18. The van der Waals surface area contributed by atoms with Crippen LogP contribution in [0, 0.1) is 29.6 Å². The molecule has 2 amide bonds.